The SMILES string of the molecule is OC(CC1CCC1)C1CCCNC1. The number of aliphatic hydroxyl groups is 1. The molecule has 2 aliphatic rings. The molecule has 0 spiro atoms. The Morgan fingerprint density at radius 1 is 1.23 bits per heavy atom. The predicted molar refractivity (Wildman–Crippen MR) is 53.6 cm³/mol. The van der Waals surface area contributed by atoms with E-state index in [0.29, 0.717) is 5.92 Å². The van der Waals surface area contributed by atoms with Gasteiger partial charge in [-0.2, -0.15) is 0 Å². The second kappa shape index (κ2) is 4.43. The minimum Gasteiger partial charge on any atom is -0.393 e. The van der Waals surface area contributed by atoms with Crippen LogP contribution in [0, 0.1) is 11.8 Å². The molecule has 13 heavy (non-hydrogen) atoms. The zero-order chi connectivity index (χ0) is 9.10. The number of hydrogen-bond donors (Lipinski definition) is 2. The minimum atomic E-state index is -0.0295. The zero-order valence-electron chi connectivity index (χ0n) is 8.34. The average molecular weight is 183 g/mol. The van der Waals surface area contributed by atoms with Crippen molar-refractivity contribution in [2.75, 3.05) is 13.1 Å². The summed E-state index contributed by atoms with van der Waals surface area (Å²) >= 11 is 0. The number of rotatable bonds is 3. The maximum atomic E-state index is 9.97. The van der Waals surface area contributed by atoms with E-state index in [2.05, 4.69) is 5.32 Å². The molecule has 2 unspecified atom stereocenters. The molecule has 2 nitrogen and oxygen atoms in total. The van der Waals surface area contributed by atoms with Crippen LogP contribution in [-0.2, 0) is 0 Å². The molecule has 2 fully saturated rings. The summed E-state index contributed by atoms with van der Waals surface area (Å²) in [5, 5.41) is 13.3. The van der Waals surface area contributed by atoms with Gasteiger partial charge in [0.05, 0.1) is 6.10 Å². The number of piperidine rings is 1. The maximum Gasteiger partial charge on any atom is 0.0583 e. The summed E-state index contributed by atoms with van der Waals surface area (Å²) in [6.45, 7) is 2.18. The van der Waals surface area contributed by atoms with Crippen molar-refractivity contribution >= 4 is 0 Å². The summed E-state index contributed by atoms with van der Waals surface area (Å²) in [5.74, 6) is 1.38. The van der Waals surface area contributed by atoms with Gasteiger partial charge in [0, 0.05) is 6.54 Å². The Morgan fingerprint density at radius 3 is 2.62 bits per heavy atom. The smallest absolute Gasteiger partial charge is 0.0583 e. The van der Waals surface area contributed by atoms with Crippen LogP contribution in [0.1, 0.15) is 38.5 Å². The molecule has 1 saturated heterocycles. The third-order valence-electron chi connectivity index (χ3n) is 3.68. The van der Waals surface area contributed by atoms with Gasteiger partial charge in [-0.1, -0.05) is 19.3 Å². The van der Waals surface area contributed by atoms with Crippen LogP contribution in [0.25, 0.3) is 0 Å². The van der Waals surface area contributed by atoms with E-state index in [1.54, 1.807) is 0 Å². The van der Waals surface area contributed by atoms with Crippen molar-refractivity contribution < 1.29 is 5.11 Å². The highest BCUT2D eigenvalue weighted by molar-refractivity contribution is 4.80. The molecule has 1 saturated carbocycles. The van der Waals surface area contributed by atoms with Crippen molar-refractivity contribution in [2.45, 2.75) is 44.6 Å². The minimum absolute atomic E-state index is 0.0295. The molecule has 2 rings (SSSR count). The molecule has 0 bridgehead atoms. The summed E-state index contributed by atoms with van der Waals surface area (Å²) in [4.78, 5) is 0. The van der Waals surface area contributed by atoms with Gasteiger partial charge in [0.25, 0.3) is 0 Å². The molecule has 1 heterocycles. The van der Waals surface area contributed by atoms with Gasteiger partial charge in [0.15, 0.2) is 0 Å². The maximum absolute atomic E-state index is 9.97. The Bertz CT molecular complexity index is 150. The van der Waals surface area contributed by atoms with Gasteiger partial charge < -0.3 is 10.4 Å². The van der Waals surface area contributed by atoms with Crippen LogP contribution in [0.4, 0.5) is 0 Å². The van der Waals surface area contributed by atoms with Crippen molar-refractivity contribution in [3.8, 4) is 0 Å². The Balaban J connectivity index is 1.70. The molecular formula is C11H21NO. The van der Waals surface area contributed by atoms with E-state index in [4.69, 9.17) is 0 Å². The topological polar surface area (TPSA) is 32.3 Å². The van der Waals surface area contributed by atoms with Gasteiger partial charge in [0.1, 0.15) is 0 Å². The monoisotopic (exact) mass is 183 g/mol. The van der Waals surface area contributed by atoms with E-state index < -0.39 is 0 Å². The summed E-state index contributed by atoms with van der Waals surface area (Å²) in [7, 11) is 0. The summed E-state index contributed by atoms with van der Waals surface area (Å²) in [6, 6.07) is 0. The van der Waals surface area contributed by atoms with E-state index in [-0.39, 0.29) is 6.10 Å². The van der Waals surface area contributed by atoms with Crippen LogP contribution in [-0.4, -0.2) is 24.3 Å². The standard InChI is InChI=1S/C11H21NO/c13-11(7-9-3-1-4-9)10-5-2-6-12-8-10/h9-13H,1-8H2. The van der Waals surface area contributed by atoms with Crippen molar-refractivity contribution in [2.24, 2.45) is 11.8 Å². The van der Waals surface area contributed by atoms with Gasteiger partial charge in [-0.05, 0) is 37.6 Å². The molecule has 0 aromatic carbocycles. The van der Waals surface area contributed by atoms with Gasteiger partial charge in [-0.15, -0.1) is 0 Å². The molecule has 0 aromatic rings. The van der Waals surface area contributed by atoms with Crippen LogP contribution in [0.2, 0.25) is 0 Å². The van der Waals surface area contributed by atoms with E-state index in [1.807, 2.05) is 0 Å². The van der Waals surface area contributed by atoms with E-state index >= 15 is 0 Å². The average Bonchev–Trinajstić information content (AvgIpc) is 2.12. The fourth-order valence-corrected chi connectivity index (χ4v) is 2.47. The number of hydrogen-bond acceptors (Lipinski definition) is 2. The van der Waals surface area contributed by atoms with E-state index in [9.17, 15) is 5.11 Å². The predicted octanol–water partition coefficient (Wildman–Crippen LogP) is 1.54. The largest absolute Gasteiger partial charge is 0.393 e. The number of aliphatic hydroxyl groups excluding tert-OH is 1. The molecule has 0 radical (unpaired) electrons. The van der Waals surface area contributed by atoms with Crippen molar-refractivity contribution in [1.82, 2.24) is 5.32 Å². The molecule has 1 aliphatic heterocycles. The summed E-state index contributed by atoms with van der Waals surface area (Å²) < 4.78 is 0. The van der Waals surface area contributed by atoms with Crippen molar-refractivity contribution in [1.29, 1.82) is 0 Å². The van der Waals surface area contributed by atoms with E-state index in [0.717, 1.165) is 25.4 Å². The first-order valence-electron chi connectivity index (χ1n) is 5.75. The second-order valence-electron chi connectivity index (χ2n) is 4.71. The molecule has 0 aromatic heterocycles. The van der Waals surface area contributed by atoms with Crippen LogP contribution in [0.3, 0.4) is 0 Å². The quantitative estimate of drug-likeness (QED) is 0.695. The highest BCUT2D eigenvalue weighted by atomic mass is 16.3. The zero-order valence-corrected chi connectivity index (χ0v) is 8.34. The van der Waals surface area contributed by atoms with Crippen molar-refractivity contribution in [3.05, 3.63) is 0 Å². The second-order valence-corrected chi connectivity index (χ2v) is 4.71. The lowest BCUT2D eigenvalue weighted by Gasteiger charge is -2.33. The fourth-order valence-electron chi connectivity index (χ4n) is 2.47. The lowest BCUT2D eigenvalue weighted by molar-refractivity contribution is 0.0546. The lowest BCUT2D eigenvalue weighted by Crippen LogP contribution is -2.38. The van der Waals surface area contributed by atoms with Crippen LogP contribution < -0.4 is 5.32 Å². The lowest BCUT2D eigenvalue weighted by atomic mass is 9.78. The Kier molecular flexibility index (Phi) is 3.23. The Labute approximate surface area is 80.7 Å². The van der Waals surface area contributed by atoms with E-state index in [1.165, 1.54) is 32.1 Å². The van der Waals surface area contributed by atoms with Gasteiger partial charge in [-0.3, -0.25) is 0 Å². The molecular weight excluding hydrogens is 162 g/mol. The first-order chi connectivity index (χ1) is 6.36. The van der Waals surface area contributed by atoms with Crippen LogP contribution in [0.15, 0.2) is 0 Å². The Morgan fingerprint density at radius 2 is 2.08 bits per heavy atom. The Hall–Kier alpha value is -0.0800. The third kappa shape index (κ3) is 2.44. The molecule has 76 valence electrons. The summed E-state index contributed by atoms with van der Waals surface area (Å²) in [5.41, 5.74) is 0. The molecule has 2 N–H and O–H groups in total. The van der Waals surface area contributed by atoms with Gasteiger partial charge in [-0.25, -0.2) is 0 Å². The van der Waals surface area contributed by atoms with Gasteiger partial charge >= 0.3 is 0 Å². The van der Waals surface area contributed by atoms with Crippen LogP contribution in [0.5, 0.6) is 0 Å². The van der Waals surface area contributed by atoms with Crippen LogP contribution >= 0.6 is 0 Å². The number of nitrogens with one attached hydrogen (secondary N) is 1. The van der Waals surface area contributed by atoms with Crippen molar-refractivity contribution in [3.63, 3.8) is 0 Å². The van der Waals surface area contributed by atoms with Gasteiger partial charge in [0.2, 0.25) is 0 Å². The highest BCUT2D eigenvalue weighted by Crippen LogP contribution is 2.32. The molecule has 2 atom stereocenters. The third-order valence-corrected chi connectivity index (χ3v) is 3.68. The normalized spacial score (nSPS) is 32.5. The molecule has 1 aliphatic carbocycles. The highest BCUT2D eigenvalue weighted by Gasteiger charge is 2.26. The molecule has 2 heteroatoms. The first-order valence-corrected chi connectivity index (χ1v) is 5.75. The first kappa shape index (κ1) is 9.47. The summed E-state index contributed by atoms with van der Waals surface area (Å²) in [6.07, 6.45) is 7.60. The fraction of sp³-hybridized carbons (Fsp3) is 1.00. The molecule has 0 amide bonds.